The molecule has 1 aliphatic heterocycles. The van der Waals surface area contributed by atoms with Crippen LogP contribution in [-0.2, 0) is 11.3 Å². The first-order valence-corrected chi connectivity index (χ1v) is 7.27. The fourth-order valence-corrected chi connectivity index (χ4v) is 2.60. The van der Waals surface area contributed by atoms with Gasteiger partial charge in [0.2, 0.25) is 0 Å². The van der Waals surface area contributed by atoms with Crippen molar-refractivity contribution >= 4 is 5.71 Å². The number of aryl methyl sites for hydroxylation is 1. The van der Waals surface area contributed by atoms with Crippen molar-refractivity contribution in [3.8, 4) is 5.75 Å². The third kappa shape index (κ3) is 3.24. The Morgan fingerprint density at radius 2 is 1.86 bits per heavy atom. The molecule has 3 heteroatoms. The van der Waals surface area contributed by atoms with Gasteiger partial charge < -0.3 is 9.57 Å². The van der Waals surface area contributed by atoms with Gasteiger partial charge in [0, 0.05) is 12.0 Å². The van der Waals surface area contributed by atoms with E-state index in [0.717, 1.165) is 36.3 Å². The third-order valence-corrected chi connectivity index (χ3v) is 3.75. The molecule has 1 heterocycles. The van der Waals surface area contributed by atoms with Gasteiger partial charge in [0.05, 0.1) is 12.8 Å². The summed E-state index contributed by atoms with van der Waals surface area (Å²) in [4.78, 5) is 5.57. The molecule has 0 aliphatic carbocycles. The number of methoxy groups -OCH3 is 1. The zero-order valence-electron chi connectivity index (χ0n) is 12.2. The van der Waals surface area contributed by atoms with E-state index in [4.69, 9.17) is 9.57 Å². The molecule has 1 atom stereocenters. The van der Waals surface area contributed by atoms with Crippen molar-refractivity contribution in [3.05, 3.63) is 65.7 Å². The van der Waals surface area contributed by atoms with Crippen LogP contribution in [0.3, 0.4) is 0 Å². The molecule has 0 saturated carbocycles. The minimum atomic E-state index is 0.158. The maximum absolute atomic E-state index is 5.57. The lowest BCUT2D eigenvalue weighted by atomic mass is 10.00. The molecule has 0 spiro atoms. The number of benzene rings is 2. The Balaban J connectivity index is 1.60. The highest BCUT2D eigenvalue weighted by atomic mass is 16.6. The van der Waals surface area contributed by atoms with E-state index in [1.165, 1.54) is 5.56 Å². The zero-order chi connectivity index (χ0) is 14.5. The molecule has 2 aromatic carbocycles. The first-order valence-electron chi connectivity index (χ1n) is 7.27. The Labute approximate surface area is 125 Å². The van der Waals surface area contributed by atoms with Crippen LogP contribution < -0.4 is 4.74 Å². The summed E-state index contributed by atoms with van der Waals surface area (Å²) in [6.07, 6.45) is 2.99. The number of oxime groups is 1. The summed E-state index contributed by atoms with van der Waals surface area (Å²) in [6.45, 7) is 0. The van der Waals surface area contributed by atoms with Gasteiger partial charge in [-0.05, 0) is 30.5 Å². The summed E-state index contributed by atoms with van der Waals surface area (Å²) in [6, 6.07) is 18.4. The van der Waals surface area contributed by atoms with Crippen LogP contribution in [0.15, 0.2) is 59.8 Å². The van der Waals surface area contributed by atoms with Crippen LogP contribution in [0.2, 0.25) is 0 Å². The maximum Gasteiger partial charge on any atom is 0.133 e. The quantitative estimate of drug-likeness (QED) is 0.834. The predicted octanol–water partition coefficient (Wildman–Crippen LogP) is 3.82. The van der Waals surface area contributed by atoms with Crippen molar-refractivity contribution in [2.24, 2.45) is 5.16 Å². The highest BCUT2D eigenvalue weighted by Crippen LogP contribution is 2.26. The molecule has 108 valence electrons. The Bertz CT molecular complexity index is 622. The van der Waals surface area contributed by atoms with Gasteiger partial charge in [-0.25, -0.2) is 0 Å². The molecule has 0 N–H and O–H groups in total. The van der Waals surface area contributed by atoms with Crippen LogP contribution in [0, 0.1) is 0 Å². The predicted molar refractivity (Wildman–Crippen MR) is 83.8 cm³/mol. The lowest BCUT2D eigenvalue weighted by Gasteiger charge is -2.09. The normalized spacial score (nSPS) is 17.2. The van der Waals surface area contributed by atoms with Gasteiger partial charge in [0.15, 0.2) is 0 Å². The number of rotatable bonds is 5. The molecule has 0 amide bonds. The second-order valence-electron chi connectivity index (χ2n) is 5.19. The van der Waals surface area contributed by atoms with Crippen LogP contribution in [-0.4, -0.2) is 18.9 Å². The molecular formula is C18H19NO2. The van der Waals surface area contributed by atoms with E-state index in [0.29, 0.717) is 0 Å². The number of ether oxygens (including phenoxy) is 1. The summed E-state index contributed by atoms with van der Waals surface area (Å²) >= 11 is 0. The molecule has 1 unspecified atom stereocenters. The first kappa shape index (κ1) is 13.7. The summed E-state index contributed by atoms with van der Waals surface area (Å²) in [5.41, 5.74) is 3.35. The maximum atomic E-state index is 5.57. The molecule has 0 radical (unpaired) electrons. The molecule has 0 bridgehead atoms. The second kappa shape index (κ2) is 6.44. The largest absolute Gasteiger partial charge is 0.496 e. The van der Waals surface area contributed by atoms with Gasteiger partial charge >= 0.3 is 0 Å². The molecule has 2 aromatic rings. The summed E-state index contributed by atoms with van der Waals surface area (Å²) in [7, 11) is 1.68. The SMILES string of the molecule is COc1ccccc1C1=NOC(CCc2ccccc2)C1. The van der Waals surface area contributed by atoms with E-state index in [1.54, 1.807) is 7.11 Å². The average molecular weight is 281 g/mol. The number of hydrogen-bond acceptors (Lipinski definition) is 3. The summed E-state index contributed by atoms with van der Waals surface area (Å²) < 4.78 is 5.39. The van der Waals surface area contributed by atoms with E-state index >= 15 is 0 Å². The van der Waals surface area contributed by atoms with E-state index in [2.05, 4.69) is 29.4 Å². The molecule has 0 aromatic heterocycles. The molecule has 21 heavy (non-hydrogen) atoms. The average Bonchev–Trinajstić information content (AvgIpc) is 3.02. The highest BCUT2D eigenvalue weighted by Gasteiger charge is 2.23. The number of para-hydroxylation sites is 1. The minimum absolute atomic E-state index is 0.158. The van der Waals surface area contributed by atoms with Crippen LogP contribution in [0.4, 0.5) is 0 Å². The molecule has 3 nitrogen and oxygen atoms in total. The fraction of sp³-hybridized carbons (Fsp3) is 0.278. The van der Waals surface area contributed by atoms with E-state index < -0.39 is 0 Å². The monoisotopic (exact) mass is 281 g/mol. The number of hydrogen-bond donors (Lipinski definition) is 0. The van der Waals surface area contributed by atoms with Crippen LogP contribution in [0.5, 0.6) is 5.75 Å². The van der Waals surface area contributed by atoms with Crippen LogP contribution in [0.25, 0.3) is 0 Å². The Kier molecular flexibility index (Phi) is 4.20. The van der Waals surface area contributed by atoms with E-state index in [9.17, 15) is 0 Å². The standard InChI is InChI=1S/C18H19NO2/c1-20-18-10-6-5-9-16(18)17-13-15(21-19-17)12-11-14-7-3-2-4-8-14/h2-10,15H,11-13H2,1H3. The third-order valence-electron chi connectivity index (χ3n) is 3.75. The summed E-state index contributed by atoms with van der Waals surface area (Å²) in [5, 5.41) is 4.24. The Morgan fingerprint density at radius 1 is 1.10 bits per heavy atom. The molecule has 1 aliphatic rings. The van der Waals surface area contributed by atoms with Crippen LogP contribution in [0.1, 0.15) is 24.0 Å². The van der Waals surface area contributed by atoms with Crippen LogP contribution >= 0.6 is 0 Å². The molecular weight excluding hydrogens is 262 g/mol. The van der Waals surface area contributed by atoms with Gasteiger partial charge in [0.25, 0.3) is 0 Å². The lowest BCUT2D eigenvalue weighted by Crippen LogP contribution is -2.10. The van der Waals surface area contributed by atoms with Gasteiger partial charge in [-0.2, -0.15) is 0 Å². The first-order chi connectivity index (χ1) is 10.4. The Morgan fingerprint density at radius 3 is 2.67 bits per heavy atom. The Hall–Kier alpha value is -2.29. The topological polar surface area (TPSA) is 30.8 Å². The fourth-order valence-electron chi connectivity index (χ4n) is 2.60. The van der Waals surface area contributed by atoms with Crippen molar-refractivity contribution in [3.63, 3.8) is 0 Å². The molecule has 0 saturated heterocycles. The lowest BCUT2D eigenvalue weighted by molar-refractivity contribution is 0.0794. The van der Waals surface area contributed by atoms with E-state index in [-0.39, 0.29) is 6.10 Å². The van der Waals surface area contributed by atoms with Crippen molar-refractivity contribution in [2.75, 3.05) is 7.11 Å². The second-order valence-corrected chi connectivity index (χ2v) is 5.19. The van der Waals surface area contributed by atoms with Crippen molar-refractivity contribution in [1.82, 2.24) is 0 Å². The van der Waals surface area contributed by atoms with Gasteiger partial charge in [-0.3, -0.25) is 0 Å². The smallest absolute Gasteiger partial charge is 0.133 e. The van der Waals surface area contributed by atoms with Crippen molar-refractivity contribution in [2.45, 2.75) is 25.4 Å². The van der Waals surface area contributed by atoms with E-state index in [1.807, 2.05) is 30.3 Å². The zero-order valence-corrected chi connectivity index (χ0v) is 12.2. The minimum Gasteiger partial charge on any atom is -0.496 e. The molecule has 0 fully saturated rings. The highest BCUT2D eigenvalue weighted by molar-refractivity contribution is 6.03. The van der Waals surface area contributed by atoms with Crippen molar-refractivity contribution < 1.29 is 9.57 Å². The van der Waals surface area contributed by atoms with Gasteiger partial charge in [0.1, 0.15) is 11.9 Å². The van der Waals surface area contributed by atoms with Gasteiger partial charge in [-0.1, -0.05) is 47.6 Å². The number of nitrogens with zero attached hydrogens (tertiary/aromatic N) is 1. The summed E-state index contributed by atoms with van der Waals surface area (Å²) in [5.74, 6) is 0.851. The van der Waals surface area contributed by atoms with Gasteiger partial charge in [-0.15, -0.1) is 0 Å². The van der Waals surface area contributed by atoms with Crippen molar-refractivity contribution in [1.29, 1.82) is 0 Å². The molecule has 3 rings (SSSR count).